The van der Waals surface area contributed by atoms with E-state index >= 15 is 0 Å². The molecule has 0 N–H and O–H groups in total. The van der Waals surface area contributed by atoms with Crippen molar-refractivity contribution in [3.8, 4) is 0 Å². The van der Waals surface area contributed by atoms with Gasteiger partial charge in [0.25, 0.3) is 10.0 Å². The summed E-state index contributed by atoms with van der Waals surface area (Å²) in [4.78, 5) is 0.0128. The van der Waals surface area contributed by atoms with E-state index in [1.54, 1.807) is 24.3 Å². The quantitative estimate of drug-likeness (QED) is 0.810. The molecule has 0 saturated carbocycles. The van der Waals surface area contributed by atoms with Crippen LogP contribution in [-0.4, -0.2) is 14.6 Å². The Kier molecular flexibility index (Phi) is 3.79. The van der Waals surface area contributed by atoms with Crippen molar-refractivity contribution in [2.75, 3.05) is 0 Å². The lowest BCUT2D eigenvalue weighted by Gasteiger charge is -2.00. The summed E-state index contributed by atoms with van der Waals surface area (Å²) in [6, 6.07) is 15.2. The molecule has 18 heavy (non-hydrogen) atoms. The van der Waals surface area contributed by atoms with Crippen LogP contribution >= 0.6 is 11.6 Å². The van der Waals surface area contributed by atoms with Crippen molar-refractivity contribution >= 4 is 27.8 Å². The van der Waals surface area contributed by atoms with Gasteiger partial charge in [0.1, 0.15) is 4.90 Å². The van der Waals surface area contributed by atoms with Gasteiger partial charge >= 0.3 is 0 Å². The molecule has 0 bridgehead atoms. The summed E-state index contributed by atoms with van der Waals surface area (Å²) in [5, 5.41) is 0.169. The van der Waals surface area contributed by atoms with Crippen molar-refractivity contribution in [3.05, 3.63) is 65.2 Å². The lowest BCUT2D eigenvalue weighted by molar-refractivity contribution is 0.598. The maximum absolute atomic E-state index is 11.9. The van der Waals surface area contributed by atoms with Crippen LogP contribution in [0.3, 0.4) is 0 Å². The Hall–Kier alpha value is -1.65. The topological polar surface area (TPSA) is 46.5 Å². The summed E-state index contributed by atoms with van der Waals surface area (Å²) >= 11 is 5.84. The van der Waals surface area contributed by atoms with Gasteiger partial charge in [0.2, 0.25) is 0 Å². The van der Waals surface area contributed by atoms with Gasteiger partial charge in [-0.3, -0.25) is 0 Å². The lowest BCUT2D eigenvalue weighted by atomic mass is 10.2. The van der Waals surface area contributed by atoms with E-state index < -0.39 is 10.0 Å². The Balaban J connectivity index is 2.34. The zero-order valence-electron chi connectivity index (χ0n) is 9.32. The molecule has 0 unspecified atom stereocenters. The molecule has 92 valence electrons. The summed E-state index contributed by atoms with van der Waals surface area (Å²) in [5.41, 5.74) is 0.716. The van der Waals surface area contributed by atoms with E-state index in [1.807, 2.05) is 18.2 Å². The third-order valence-electron chi connectivity index (χ3n) is 2.25. The minimum absolute atomic E-state index is 0.0128. The first-order chi connectivity index (χ1) is 8.59. The average molecular weight is 280 g/mol. The van der Waals surface area contributed by atoms with Crippen molar-refractivity contribution in [3.63, 3.8) is 0 Å². The number of sulfonamides is 1. The van der Waals surface area contributed by atoms with Crippen LogP contribution in [0, 0.1) is 0 Å². The number of rotatable bonds is 3. The number of nitrogens with zero attached hydrogens (tertiary/aromatic N) is 1. The molecule has 3 nitrogen and oxygen atoms in total. The van der Waals surface area contributed by atoms with Crippen LogP contribution in [0.25, 0.3) is 0 Å². The third kappa shape index (κ3) is 2.97. The van der Waals surface area contributed by atoms with Crippen molar-refractivity contribution in [1.29, 1.82) is 0 Å². The van der Waals surface area contributed by atoms with Gasteiger partial charge in [-0.15, -0.1) is 0 Å². The highest BCUT2D eigenvalue weighted by Gasteiger charge is 2.14. The van der Waals surface area contributed by atoms with Crippen molar-refractivity contribution < 1.29 is 8.42 Å². The Morgan fingerprint density at radius 3 is 2.22 bits per heavy atom. The Morgan fingerprint density at radius 2 is 1.56 bits per heavy atom. The van der Waals surface area contributed by atoms with E-state index in [-0.39, 0.29) is 9.92 Å². The number of benzene rings is 2. The van der Waals surface area contributed by atoms with Gasteiger partial charge in [0.15, 0.2) is 0 Å². The molecule has 0 aliphatic rings. The monoisotopic (exact) mass is 279 g/mol. The molecule has 2 rings (SSSR count). The summed E-state index contributed by atoms with van der Waals surface area (Å²) < 4.78 is 27.5. The largest absolute Gasteiger partial charge is 0.283 e. The van der Waals surface area contributed by atoms with Crippen molar-refractivity contribution in [1.82, 2.24) is 0 Å². The van der Waals surface area contributed by atoms with Gasteiger partial charge < -0.3 is 0 Å². The van der Waals surface area contributed by atoms with E-state index in [9.17, 15) is 8.42 Å². The first-order valence-corrected chi connectivity index (χ1v) is 7.01. The fourth-order valence-corrected chi connectivity index (χ4v) is 2.75. The Bertz CT molecular complexity index is 666. The molecule has 0 atom stereocenters. The van der Waals surface area contributed by atoms with Gasteiger partial charge in [0, 0.05) is 6.21 Å². The normalized spacial score (nSPS) is 11.8. The highest BCUT2D eigenvalue weighted by Crippen LogP contribution is 2.22. The molecule has 0 aliphatic carbocycles. The SMILES string of the molecule is O=S(=O)(N=Cc1ccccc1)c1ccccc1Cl. The highest BCUT2D eigenvalue weighted by atomic mass is 35.5. The zero-order valence-corrected chi connectivity index (χ0v) is 10.9. The van der Waals surface area contributed by atoms with Gasteiger partial charge in [-0.25, -0.2) is 0 Å². The smallest absolute Gasteiger partial charge is 0.199 e. The highest BCUT2D eigenvalue weighted by molar-refractivity contribution is 7.90. The second-order valence-corrected chi connectivity index (χ2v) is 5.56. The van der Waals surface area contributed by atoms with E-state index in [0.29, 0.717) is 5.56 Å². The Morgan fingerprint density at radius 1 is 0.944 bits per heavy atom. The number of halogens is 1. The molecule has 0 spiro atoms. The van der Waals surface area contributed by atoms with Gasteiger partial charge in [-0.2, -0.15) is 12.8 Å². The van der Waals surface area contributed by atoms with Crippen molar-refractivity contribution in [2.45, 2.75) is 4.90 Å². The number of hydrogen-bond acceptors (Lipinski definition) is 2. The lowest BCUT2D eigenvalue weighted by Crippen LogP contribution is -1.98. The molecular formula is C13H10ClNO2S. The molecule has 5 heteroatoms. The molecule has 0 amide bonds. The maximum Gasteiger partial charge on any atom is 0.283 e. The molecule has 0 aromatic heterocycles. The van der Waals surface area contributed by atoms with Crippen LogP contribution in [0.4, 0.5) is 0 Å². The first kappa shape index (κ1) is 12.8. The van der Waals surface area contributed by atoms with Crippen LogP contribution in [0.2, 0.25) is 5.02 Å². The molecule has 0 aliphatic heterocycles. The van der Waals surface area contributed by atoms with Crippen LogP contribution in [-0.2, 0) is 10.0 Å². The number of hydrogen-bond donors (Lipinski definition) is 0. The Labute approximate surface area is 111 Å². The minimum Gasteiger partial charge on any atom is -0.199 e. The molecule has 0 saturated heterocycles. The zero-order chi connectivity index (χ0) is 13.0. The van der Waals surface area contributed by atoms with E-state index in [0.717, 1.165) is 0 Å². The summed E-state index contributed by atoms with van der Waals surface area (Å²) in [7, 11) is -3.75. The van der Waals surface area contributed by atoms with Gasteiger partial charge in [-0.05, 0) is 17.7 Å². The molecule has 2 aromatic carbocycles. The molecule has 2 aromatic rings. The second kappa shape index (κ2) is 5.33. The van der Waals surface area contributed by atoms with Crippen LogP contribution in [0.1, 0.15) is 5.56 Å². The third-order valence-corrected chi connectivity index (χ3v) is 3.99. The standard InChI is InChI=1S/C13H10ClNO2S/c14-12-8-4-5-9-13(12)18(16,17)15-10-11-6-2-1-3-7-11/h1-10H. The molecule has 0 fully saturated rings. The van der Waals surface area contributed by atoms with E-state index in [4.69, 9.17) is 11.6 Å². The predicted octanol–water partition coefficient (Wildman–Crippen LogP) is 3.15. The predicted molar refractivity (Wildman–Crippen MR) is 72.7 cm³/mol. The summed E-state index contributed by atoms with van der Waals surface area (Å²) in [6.45, 7) is 0. The molecular weight excluding hydrogens is 270 g/mol. The van der Waals surface area contributed by atoms with E-state index in [1.165, 1.54) is 18.3 Å². The van der Waals surface area contributed by atoms with Crippen LogP contribution < -0.4 is 0 Å². The fourth-order valence-electron chi connectivity index (χ4n) is 1.38. The average Bonchev–Trinajstić information content (AvgIpc) is 2.38. The maximum atomic E-state index is 11.9. The van der Waals surface area contributed by atoms with Gasteiger partial charge in [0.05, 0.1) is 5.02 Å². The van der Waals surface area contributed by atoms with Crippen molar-refractivity contribution in [2.24, 2.45) is 4.40 Å². The fraction of sp³-hybridized carbons (Fsp3) is 0. The van der Waals surface area contributed by atoms with Crippen LogP contribution in [0.15, 0.2) is 63.9 Å². The second-order valence-electron chi connectivity index (χ2n) is 3.55. The van der Waals surface area contributed by atoms with Crippen LogP contribution in [0.5, 0.6) is 0 Å². The summed E-state index contributed by atoms with van der Waals surface area (Å²) in [6.07, 6.45) is 1.30. The summed E-state index contributed by atoms with van der Waals surface area (Å²) in [5.74, 6) is 0. The van der Waals surface area contributed by atoms with E-state index in [2.05, 4.69) is 4.40 Å². The van der Waals surface area contributed by atoms with Gasteiger partial charge in [-0.1, -0.05) is 54.1 Å². The minimum atomic E-state index is -3.75. The molecule has 0 radical (unpaired) electrons. The first-order valence-electron chi connectivity index (χ1n) is 5.19. The molecule has 0 heterocycles.